The van der Waals surface area contributed by atoms with Gasteiger partial charge in [-0.1, -0.05) is 13.0 Å². The van der Waals surface area contributed by atoms with E-state index in [1.54, 1.807) is 0 Å². The Bertz CT molecular complexity index is 378. The molecule has 3 heteroatoms. The van der Waals surface area contributed by atoms with Gasteiger partial charge in [0, 0.05) is 22.3 Å². The molecule has 0 aliphatic carbocycles. The Kier molecular flexibility index (Phi) is 4.68. The van der Waals surface area contributed by atoms with Crippen LogP contribution in [0.1, 0.15) is 18.9 Å². The van der Waals surface area contributed by atoms with Gasteiger partial charge in [-0.15, -0.1) is 0 Å². The van der Waals surface area contributed by atoms with Gasteiger partial charge in [0.1, 0.15) is 0 Å². The molecule has 1 aromatic carbocycles. The number of nitrogens with one attached hydrogen (secondary N) is 1. The number of hydrogen-bond acceptors (Lipinski definition) is 2. The molecule has 1 aliphatic rings. The van der Waals surface area contributed by atoms with Crippen molar-refractivity contribution in [3.05, 3.63) is 27.3 Å². The number of hydrogen-bond donors (Lipinski definition) is 1. The molecule has 0 radical (unpaired) electrons. The molecule has 1 aromatic rings. The zero-order valence-electron chi connectivity index (χ0n) is 10.7. The average Bonchev–Trinajstić information content (AvgIpc) is 2.78. The summed E-state index contributed by atoms with van der Waals surface area (Å²) in [4.78, 5) is 2.54. The first-order chi connectivity index (χ1) is 8.20. The molecule has 0 saturated carbocycles. The molecule has 1 N–H and O–H groups in total. The Morgan fingerprint density at radius 3 is 3.06 bits per heavy atom. The van der Waals surface area contributed by atoms with E-state index in [4.69, 9.17) is 0 Å². The third-order valence-corrected chi connectivity index (χ3v) is 4.15. The zero-order chi connectivity index (χ0) is 12.3. The first kappa shape index (κ1) is 13.1. The lowest BCUT2D eigenvalue weighted by molar-refractivity contribution is 0.528. The van der Waals surface area contributed by atoms with Crippen LogP contribution < -0.4 is 10.2 Å². The second-order valence-electron chi connectivity index (χ2n) is 4.84. The van der Waals surface area contributed by atoms with E-state index in [9.17, 15) is 0 Å². The summed E-state index contributed by atoms with van der Waals surface area (Å²) in [7, 11) is 0. The van der Waals surface area contributed by atoms with Gasteiger partial charge >= 0.3 is 0 Å². The molecule has 1 aliphatic heterocycles. The normalized spacial score (nSPS) is 19.9. The monoisotopic (exact) mass is 344 g/mol. The minimum absolute atomic E-state index is 0.812. The highest BCUT2D eigenvalue weighted by molar-refractivity contribution is 14.1. The van der Waals surface area contributed by atoms with Crippen molar-refractivity contribution >= 4 is 28.3 Å². The lowest BCUT2D eigenvalue weighted by Gasteiger charge is -2.21. The van der Waals surface area contributed by atoms with Crippen LogP contribution >= 0.6 is 22.6 Å². The van der Waals surface area contributed by atoms with Crippen molar-refractivity contribution in [1.29, 1.82) is 0 Å². The summed E-state index contributed by atoms with van der Waals surface area (Å²) < 4.78 is 1.33. The largest absolute Gasteiger partial charge is 0.371 e. The fourth-order valence-corrected chi connectivity index (χ4v) is 2.96. The van der Waals surface area contributed by atoms with Crippen molar-refractivity contribution in [2.45, 2.75) is 20.3 Å². The van der Waals surface area contributed by atoms with Gasteiger partial charge in [0.25, 0.3) is 0 Å². The predicted molar refractivity (Wildman–Crippen MR) is 82.8 cm³/mol. The Balaban J connectivity index is 2.02. The first-order valence-electron chi connectivity index (χ1n) is 6.42. The smallest absolute Gasteiger partial charge is 0.0406 e. The Hall–Kier alpha value is -0.290. The fraction of sp³-hybridized carbons (Fsp3) is 0.571. The van der Waals surface area contributed by atoms with Crippen LogP contribution in [0.25, 0.3) is 0 Å². The van der Waals surface area contributed by atoms with Crippen LogP contribution in [0.2, 0.25) is 0 Å². The van der Waals surface area contributed by atoms with E-state index in [-0.39, 0.29) is 0 Å². The second kappa shape index (κ2) is 6.05. The lowest BCUT2D eigenvalue weighted by Crippen LogP contribution is -2.26. The molecule has 1 unspecified atom stereocenters. The molecule has 0 amide bonds. The van der Waals surface area contributed by atoms with E-state index in [2.05, 4.69) is 64.9 Å². The molecule has 0 spiro atoms. The van der Waals surface area contributed by atoms with E-state index in [0.29, 0.717) is 0 Å². The first-order valence-corrected chi connectivity index (χ1v) is 7.50. The highest BCUT2D eigenvalue weighted by atomic mass is 127. The Morgan fingerprint density at radius 2 is 2.29 bits per heavy atom. The summed E-state index contributed by atoms with van der Waals surface area (Å²) in [5.74, 6) is 0.812. The van der Waals surface area contributed by atoms with E-state index in [1.807, 2.05) is 0 Å². The van der Waals surface area contributed by atoms with Crippen molar-refractivity contribution in [3.63, 3.8) is 0 Å². The highest BCUT2D eigenvalue weighted by Gasteiger charge is 2.23. The minimum Gasteiger partial charge on any atom is -0.371 e. The second-order valence-corrected chi connectivity index (χ2v) is 6.08. The summed E-state index contributed by atoms with van der Waals surface area (Å²) in [6.45, 7) is 9.04. The van der Waals surface area contributed by atoms with Gasteiger partial charge in [-0.05, 0) is 72.6 Å². The molecule has 2 nitrogen and oxygen atoms in total. The van der Waals surface area contributed by atoms with E-state index in [1.165, 1.54) is 34.3 Å². The number of halogens is 1. The van der Waals surface area contributed by atoms with Crippen LogP contribution in [-0.2, 0) is 0 Å². The number of nitrogens with zero attached hydrogens (tertiary/aromatic N) is 1. The minimum atomic E-state index is 0.812. The standard InChI is InChI=1S/C14H21IN2/c1-3-16-9-12-6-7-17(10-12)14-8-13(15)5-4-11(14)2/h4-5,8,12,16H,3,6-7,9-10H2,1-2H3. The summed E-state index contributed by atoms with van der Waals surface area (Å²) >= 11 is 2.40. The third kappa shape index (κ3) is 3.35. The third-order valence-electron chi connectivity index (χ3n) is 3.48. The van der Waals surface area contributed by atoms with Crippen LogP contribution in [0, 0.1) is 16.4 Å². The van der Waals surface area contributed by atoms with Gasteiger partial charge in [-0.2, -0.15) is 0 Å². The van der Waals surface area contributed by atoms with E-state index in [0.717, 1.165) is 19.0 Å². The van der Waals surface area contributed by atoms with Crippen molar-refractivity contribution in [2.75, 3.05) is 31.1 Å². The maximum absolute atomic E-state index is 3.46. The topological polar surface area (TPSA) is 15.3 Å². The molecule has 1 heterocycles. The summed E-state index contributed by atoms with van der Waals surface area (Å²) in [5, 5.41) is 3.46. The maximum Gasteiger partial charge on any atom is 0.0406 e. The van der Waals surface area contributed by atoms with Gasteiger partial charge in [0.05, 0.1) is 0 Å². The maximum atomic E-state index is 3.46. The van der Waals surface area contributed by atoms with Crippen molar-refractivity contribution in [1.82, 2.24) is 5.32 Å². The summed E-state index contributed by atoms with van der Waals surface area (Å²) in [6, 6.07) is 6.73. The molecule has 2 rings (SSSR count). The molecule has 0 bridgehead atoms. The molecule has 1 fully saturated rings. The molecule has 1 atom stereocenters. The quantitative estimate of drug-likeness (QED) is 0.845. The van der Waals surface area contributed by atoms with Crippen LogP contribution in [0.4, 0.5) is 5.69 Å². The van der Waals surface area contributed by atoms with Crippen LogP contribution in [0.3, 0.4) is 0 Å². The summed E-state index contributed by atoms with van der Waals surface area (Å²) in [5.41, 5.74) is 2.82. The van der Waals surface area contributed by atoms with Crippen molar-refractivity contribution in [2.24, 2.45) is 5.92 Å². The van der Waals surface area contributed by atoms with Gasteiger partial charge in [-0.25, -0.2) is 0 Å². The average molecular weight is 344 g/mol. The van der Waals surface area contributed by atoms with Crippen molar-refractivity contribution in [3.8, 4) is 0 Å². The molecular weight excluding hydrogens is 323 g/mol. The predicted octanol–water partition coefficient (Wildman–Crippen LogP) is 3.04. The number of aryl methyl sites for hydroxylation is 1. The molecule has 17 heavy (non-hydrogen) atoms. The molecule has 1 saturated heterocycles. The van der Waals surface area contributed by atoms with Crippen LogP contribution in [-0.4, -0.2) is 26.2 Å². The van der Waals surface area contributed by atoms with Crippen LogP contribution in [0.15, 0.2) is 18.2 Å². The van der Waals surface area contributed by atoms with Gasteiger partial charge in [0.15, 0.2) is 0 Å². The molecule has 0 aromatic heterocycles. The highest BCUT2D eigenvalue weighted by Crippen LogP contribution is 2.28. The van der Waals surface area contributed by atoms with E-state index >= 15 is 0 Å². The molecule has 94 valence electrons. The number of benzene rings is 1. The number of anilines is 1. The van der Waals surface area contributed by atoms with Crippen molar-refractivity contribution < 1.29 is 0 Å². The van der Waals surface area contributed by atoms with E-state index < -0.39 is 0 Å². The lowest BCUT2D eigenvalue weighted by atomic mass is 10.1. The Labute approximate surface area is 118 Å². The van der Waals surface area contributed by atoms with Gasteiger partial charge in [0.2, 0.25) is 0 Å². The summed E-state index contributed by atoms with van der Waals surface area (Å²) in [6.07, 6.45) is 1.32. The Morgan fingerprint density at radius 1 is 1.47 bits per heavy atom. The molecular formula is C14H21IN2. The number of rotatable bonds is 4. The van der Waals surface area contributed by atoms with Gasteiger partial charge in [-0.3, -0.25) is 0 Å². The van der Waals surface area contributed by atoms with Crippen LogP contribution in [0.5, 0.6) is 0 Å². The SMILES string of the molecule is CCNCC1CCN(c2cc(I)ccc2C)C1. The van der Waals surface area contributed by atoms with Gasteiger partial charge < -0.3 is 10.2 Å². The zero-order valence-corrected chi connectivity index (χ0v) is 12.8. The fourth-order valence-electron chi connectivity index (χ4n) is 2.49.